The van der Waals surface area contributed by atoms with Crippen LogP contribution in [0.25, 0.3) is 0 Å². The molecule has 0 unspecified atom stereocenters. The van der Waals surface area contributed by atoms with Crippen LogP contribution in [0, 0.1) is 0 Å². The SMILES string of the molecule is CC(=O)O[C@H](CCCCOCc1ccccc1)C(F)(F)F. The van der Waals surface area contributed by atoms with E-state index in [9.17, 15) is 18.0 Å². The molecule has 0 bridgehead atoms. The van der Waals surface area contributed by atoms with Gasteiger partial charge in [-0.15, -0.1) is 0 Å². The second-order valence-corrected chi connectivity index (χ2v) is 4.67. The minimum Gasteiger partial charge on any atom is -0.453 e. The average molecular weight is 304 g/mol. The van der Waals surface area contributed by atoms with E-state index in [0.717, 1.165) is 12.5 Å². The minimum absolute atomic E-state index is 0.238. The number of benzene rings is 1. The van der Waals surface area contributed by atoms with Crippen molar-refractivity contribution >= 4 is 5.97 Å². The molecule has 0 aliphatic carbocycles. The summed E-state index contributed by atoms with van der Waals surface area (Å²) in [6.07, 6.45) is -6.01. The van der Waals surface area contributed by atoms with Crippen molar-refractivity contribution in [2.45, 2.75) is 45.1 Å². The first-order valence-electron chi connectivity index (χ1n) is 6.75. The van der Waals surface area contributed by atoms with Gasteiger partial charge in [0.1, 0.15) is 0 Å². The molecule has 0 radical (unpaired) electrons. The summed E-state index contributed by atoms with van der Waals surface area (Å²) in [6, 6.07) is 9.52. The van der Waals surface area contributed by atoms with Crippen LogP contribution in [0.15, 0.2) is 30.3 Å². The number of carbonyl (C=O) groups is 1. The Morgan fingerprint density at radius 1 is 1.19 bits per heavy atom. The Bertz CT molecular complexity index is 418. The van der Waals surface area contributed by atoms with Crippen LogP contribution >= 0.6 is 0 Å². The Balaban J connectivity index is 2.18. The molecule has 118 valence electrons. The summed E-state index contributed by atoms with van der Waals surface area (Å²) >= 11 is 0. The lowest BCUT2D eigenvalue weighted by atomic mass is 10.1. The first kappa shape index (κ1) is 17.5. The van der Waals surface area contributed by atoms with E-state index in [2.05, 4.69) is 4.74 Å². The van der Waals surface area contributed by atoms with E-state index in [1.165, 1.54) is 0 Å². The van der Waals surface area contributed by atoms with Crippen LogP contribution in [0.4, 0.5) is 13.2 Å². The topological polar surface area (TPSA) is 35.5 Å². The van der Waals surface area contributed by atoms with E-state index in [1.807, 2.05) is 30.3 Å². The van der Waals surface area contributed by atoms with Crippen molar-refractivity contribution in [1.82, 2.24) is 0 Å². The summed E-state index contributed by atoms with van der Waals surface area (Å²) in [5.41, 5.74) is 1.02. The van der Waals surface area contributed by atoms with Gasteiger partial charge in [-0.1, -0.05) is 30.3 Å². The van der Waals surface area contributed by atoms with Gasteiger partial charge >= 0.3 is 12.1 Å². The molecule has 0 aliphatic rings. The summed E-state index contributed by atoms with van der Waals surface area (Å²) in [4.78, 5) is 10.6. The standard InChI is InChI=1S/C15H19F3O3/c1-12(19)21-14(15(16,17)18)9-5-6-10-20-11-13-7-3-2-4-8-13/h2-4,7-8,14H,5-6,9-11H2,1H3/t14-/m1/s1. The molecule has 3 nitrogen and oxygen atoms in total. The van der Waals surface area contributed by atoms with Gasteiger partial charge in [-0.2, -0.15) is 13.2 Å². The maximum atomic E-state index is 12.6. The zero-order valence-corrected chi connectivity index (χ0v) is 11.9. The van der Waals surface area contributed by atoms with Crippen molar-refractivity contribution < 1.29 is 27.4 Å². The monoisotopic (exact) mass is 304 g/mol. The molecule has 0 aliphatic heterocycles. The maximum absolute atomic E-state index is 12.6. The molecule has 0 saturated heterocycles. The molecule has 0 heterocycles. The second-order valence-electron chi connectivity index (χ2n) is 4.67. The van der Waals surface area contributed by atoms with Crippen molar-refractivity contribution in [1.29, 1.82) is 0 Å². The van der Waals surface area contributed by atoms with Gasteiger partial charge < -0.3 is 9.47 Å². The fraction of sp³-hybridized carbons (Fsp3) is 0.533. The number of hydrogen-bond acceptors (Lipinski definition) is 3. The third kappa shape index (κ3) is 7.70. The minimum atomic E-state index is -4.52. The molecule has 0 spiro atoms. The van der Waals surface area contributed by atoms with Crippen molar-refractivity contribution in [2.75, 3.05) is 6.61 Å². The van der Waals surface area contributed by atoms with Crippen LogP contribution in [0.1, 0.15) is 31.7 Å². The molecule has 1 aromatic rings. The maximum Gasteiger partial charge on any atom is 0.425 e. The Kier molecular flexibility index (Phi) is 7.22. The number of rotatable bonds is 8. The smallest absolute Gasteiger partial charge is 0.425 e. The number of alkyl halides is 3. The quantitative estimate of drug-likeness (QED) is 0.540. The van der Waals surface area contributed by atoms with Gasteiger partial charge in [-0.3, -0.25) is 4.79 Å². The van der Waals surface area contributed by atoms with Gasteiger partial charge in [-0.05, 0) is 24.8 Å². The molecule has 1 aromatic carbocycles. The highest BCUT2D eigenvalue weighted by Gasteiger charge is 2.41. The third-order valence-corrected chi connectivity index (χ3v) is 2.79. The summed E-state index contributed by atoms with van der Waals surface area (Å²) in [5.74, 6) is -0.919. The van der Waals surface area contributed by atoms with Crippen LogP contribution in [0.2, 0.25) is 0 Å². The Morgan fingerprint density at radius 2 is 1.86 bits per heavy atom. The van der Waals surface area contributed by atoms with Gasteiger partial charge in [0.05, 0.1) is 6.61 Å². The summed E-state index contributed by atoms with van der Waals surface area (Å²) in [7, 11) is 0. The van der Waals surface area contributed by atoms with E-state index in [0.29, 0.717) is 19.6 Å². The largest absolute Gasteiger partial charge is 0.453 e. The summed E-state index contributed by atoms with van der Waals surface area (Å²) < 4.78 is 47.4. The molecule has 0 saturated carbocycles. The predicted molar refractivity (Wildman–Crippen MR) is 71.6 cm³/mol. The fourth-order valence-electron chi connectivity index (χ4n) is 1.79. The van der Waals surface area contributed by atoms with Gasteiger partial charge in [0.25, 0.3) is 0 Å². The molecule has 0 amide bonds. The Hall–Kier alpha value is -1.56. The number of esters is 1. The number of carbonyl (C=O) groups excluding carboxylic acids is 1. The zero-order valence-electron chi connectivity index (χ0n) is 11.9. The summed E-state index contributed by atoms with van der Waals surface area (Å²) in [5, 5.41) is 0. The highest BCUT2D eigenvalue weighted by molar-refractivity contribution is 5.66. The van der Waals surface area contributed by atoms with Gasteiger partial charge in [0.2, 0.25) is 0 Å². The van der Waals surface area contributed by atoms with Gasteiger partial charge in [0.15, 0.2) is 6.10 Å². The van der Waals surface area contributed by atoms with E-state index < -0.39 is 18.2 Å². The second kappa shape index (κ2) is 8.67. The first-order valence-corrected chi connectivity index (χ1v) is 6.75. The lowest BCUT2D eigenvalue weighted by Gasteiger charge is -2.19. The third-order valence-electron chi connectivity index (χ3n) is 2.79. The lowest BCUT2D eigenvalue weighted by molar-refractivity contribution is -0.221. The van der Waals surface area contributed by atoms with Gasteiger partial charge in [0, 0.05) is 13.5 Å². The van der Waals surface area contributed by atoms with E-state index in [-0.39, 0.29) is 12.8 Å². The Morgan fingerprint density at radius 3 is 2.43 bits per heavy atom. The number of ether oxygens (including phenoxy) is 2. The van der Waals surface area contributed by atoms with Crippen LogP contribution in [0.3, 0.4) is 0 Å². The van der Waals surface area contributed by atoms with Crippen molar-refractivity contribution in [2.24, 2.45) is 0 Å². The fourth-order valence-corrected chi connectivity index (χ4v) is 1.79. The van der Waals surface area contributed by atoms with E-state index in [4.69, 9.17) is 4.74 Å². The van der Waals surface area contributed by atoms with E-state index in [1.54, 1.807) is 0 Å². The lowest BCUT2D eigenvalue weighted by Crippen LogP contribution is -2.33. The molecule has 0 fully saturated rings. The van der Waals surface area contributed by atoms with Crippen molar-refractivity contribution in [3.8, 4) is 0 Å². The number of halogens is 3. The van der Waals surface area contributed by atoms with Crippen LogP contribution < -0.4 is 0 Å². The zero-order chi connectivity index (χ0) is 15.7. The van der Waals surface area contributed by atoms with Crippen LogP contribution in [-0.2, 0) is 20.9 Å². The molecule has 6 heteroatoms. The average Bonchev–Trinajstić information content (AvgIpc) is 2.41. The highest BCUT2D eigenvalue weighted by atomic mass is 19.4. The highest BCUT2D eigenvalue weighted by Crippen LogP contribution is 2.26. The number of hydrogen-bond donors (Lipinski definition) is 0. The molecule has 21 heavy (non-hydrogen) atoms. The molecule has 1 atom stereocenters. The molecule has 0 N–H and O–H groups in total. The first-order chi connectivity index (χ1) is 9.89. The van der Waals surface area contributed by atoms with Gasteiger partial charge in [-0.25, -0.2) is 0 Å². The van der Waals surface area contributed by atoms with Crippen LogP contribution in [-0.4, -0.2) is 24.9 Å². The normalized spacial score (nSPS) is 13.0. The molecule has 1 rings (SSSR count). The Labute approximate surface area is 122 Å². The van der Waals surface area contributed by atoms with Crippen LogP contribution in [0.5, 0.6) is 0 Å². The molecular weight excluding hydrogens is 285 g/mol. The molecular formula is C15H19F3O3. The van der Waals surface area contributed by atoms with Crippen molar-refractivity contribution in [3.05, 3.63) is 35.9 Å². The van der Waals surface area contributed by atoms with Crippen molar-refractivity contribution in [3.63, 3.8) is 0 Å². The van der Waals surface area contributed by atoms with E-state index >= 15 is 0 Å². The molecule has 0 aromatic heterocycles. The summed E-state index contributed by atoms with van der Waals surface area (Å²) in [6.45, 7) is 1.79. The number of unbranched alkanes of at least 4 members (excludes halogenated alkanes) is 1. The predicted octanol–water partition coefficient (Wildman–Crippen LogP) is 3.87.